The van der Waals surface area contributed by atoms with E-state index in [4.69, 9.17) is 14.6 Å². The molecule has 0 aliphatic carbocycles. The zero-order valence-electron chi connectivity index (χ0n) is 21.0. The number of benzene rings is 2. The molecule has 196 valence electrons. The van der Waals surface area contributed by atoms with Gasteiger partial charge in [0.15, 0.2) is 0 Å². The van der Waals surface area contributed by atoms with Crippen molar-refractivity contribution in [1.82, 2.24) is 10.2 Å². The summed E-state index contributed by atoms with van der Waals surface area (Å²) in [6, 6.07) is 14.7. The van der Waals surface area contributed by atoms with Crippen LogP contribution in [0.15, 0.2) is 42.5 Å². The van der Waals surface area contributed by atoms with Crippen LogP contribution in [0.3, 0.4) is 0 Å². The van der Waals surface area contributed by atoms with Crippen molar-refractivity contribution in [1.29, 1.82) is 0 Å². The van der Waals surface area contributed by atoms with Gasteiger partial charge in [-0.2, -0.15) is 13.2 Å². The highest BCUT2D eigenvalue weighted by atomic mass is 19.4. The predicted molar refractivity (Wildman–Crippen MR) is 130 cm³/mol. The van der Waals surface area contributed by atoms with E-state index in [2.05, 4.69) is 36.2 Å². The molecule has 36 heavy (non-hydrogen) atoms. The van der Waals surface area contributed by atoms with Gasteiger partial charge in [-0.3, -0.25) is 4.79 Å². The van der Waals surface area contributed by atoms with Crippen molar-refractivity contribution in [3.8, 4) is 5.75 Å². The van der Waals surface area contributed by atoms with Gasteiger partial charge in [-0.25, -0.2) is 4.79 Å². The fourth-order valence-electron chi connectivity index (χ4n) is 4.85. The van der Waals surface area contributed by atoms with Gasteiger partial charge in [0.25, 0.3) is 5.91 Å². The fraction of sp³-hybridized carbons (Fsp3) is 0.481. The number of likely N-dealkylation sites (tertiary alicyclic amines) is 1. The summed E-state index contributed by atoms with van der Waals surface area (Å²) in [6.45, 7) is 10.6. The lowest BCUT2D eigenvalue weighted by Crippen LogP contribution is -2.53. The molecular formula is C27H33F3N2O4. The average Bonchev–Trinajstić information content (AvgIpc) is 2.78. The van der Waals surface area contributed by atoms with Crippen molar-refractivity contribution in [3.63, 3.8) is 0 Å². The Morgan fingerprint density at radius 2 is 1.64 bits per heavy atom. The van der Waals surface area contributed by atoms with E-state index < -0.39 is 12.1 Å². The second-order valence-electron chi connectivity index (χ2n) is 9.86. The molecule has 1 amide bonds. The number of halogens is 3. The molecule has 0 aromatic heterocycles. The van der Waals surface area contributed by atoms with E-state index in [9.17, 15) is 18.0 Å². The number of carbonyl (C=O) groups excluding carboxylic acids is 1. The number of rotatable bonds is 3. The number of hydrogen-bond acceptors (Lipinski definition) is 4. The van der Waals surface area contributed by atoms with Crippen LogP contribution in [0, 0.1) is 13.8 Å². The monoisotopic (exact) mass is 506 g/mol. The minimum Gasteiger partial charge on any atom is -0.487 e. The third-order valence-corrected chi connectivity index (χ3v) is 6.67. The minimum atomic E-state index is -5.08. The van der Waals surface area contributed by atoms with Crippen LogP contribution < -0.4 is 10.1 Å². The number of carboxylic acid groups (broad SMARTS) is 1. The number of aliphatic carboxylic acids is 1. The van der Waals surface area contributed by atoms with Crippen LogP contribution >= 0.6 is 0 Å². The SMILES string of the molecule is Cc1cc(C)cc(C(=O)NC2CC3(CCN(C(C)C)CC3)Oc3ccccc32)c1.O=C(O)C(F)(F)F. The summed E-state index contributed by atoms with van der Waals surface area (Å²) in [5, 5.41) is 10.4. The summed E-state index contributed by atoms with van der Waals surface area (Å²) in [5.41, 5.74) is 3.85. The Morgan fingerprint density at radius 1 is 1.08 bits per heavy atom. The Morgan fingerprint density at radius 3 is 2.17 bits per heavy atom. The first kappa shape index (κ1) is 27.5. The molecule has 9 heteroatoms. The van der Waals surface area contributed by atoms with Crippen molar-refractivity contribution in [2.75, 3.05) is 13.1 Å². The average molecular weight is 507 g/mol. The van der Waals surface area contributed by atoms with Gasteiger partial charge < -0.3 is 20.1 Å². The number of hydrogen-bond donors (Lipinski definition) is 2. The Hall–Kier alpha value is -3.07. The number of amides is 1. The predicted octanol–water partition coefficient (Wildman–Crippen LogP) is 5.43. The number of aryl methyl sites for hydroxylation is 2. The summed E-state index contributed by atoms with van der Waals surface area (Å²) in [4.78, 5) is 24.5. The maximum Gasteiger partial charge on any atom is 0.490 e. The molecule has 6 nitrogen and oxygen atoms in total. The Labute approximate surface area is 209 Å². The van der Waals surface area contributed by atoms with Crippen molar-refractivity contribution < 1.29 is 32.6 Å². The van der Waals surface area contributed by atoms with Crippen molar-refractivity contribution in [2.45, 2.75) is 70.8 Å². The van der Waals surface area contributed by atoms with Crippen molar-refractivity contribution in [2.24, 2.45) is 0 Å². The Balaban J connectivity index is 0.000000454. The Bertz CT molecular complexity index is 1070. The van der Waals surface area contributed by atoms with Gasteiger partial charge in [0, 0.05) is 36.7 Å². The molecule has 0 radical (unpaired) electrons. The summed E-state index contributed by atoms with van der Waals surface area (Å²) in [5.74, 6) is -1.84. The number of carboxylic acids is 1. The van der Waals surface area contributed by atoms with Gasteiger partial charge in [0.1, 0.15) is 11.4 Å². The van der Waals surface area contributed by atoms with E-state index >= 15 is 0 Å². The molecule has 0 saturated carbocycles. The van der Waals surface area contributed by atoms with Crippen molar-refractivity contribution >= 4 is 11.9 Å². The molecule has 1 spiro atoms. The third kappa shape index (κ3) is 6.78. The second-order valence-corrected chi connectivity index (χ2v) is 9.86. The standard InChI is InChI=1S/C25H32N2O2.C2HF3O2/c1-17(2)27-11-9-25(10-12-27)16-22(21-7-5-6-8-23(21)29-25)26-24(28)20-14-18(3)13-19(4)15-20;3-2(4,5)1(6)7/h5-8,13-15,17,22H,9-12,16H2,1-4H3,(H,26,28);(H,6,7). The first-order valence-corrected chi connectivity index (χ1v) is 12.0. The molecule has 1 fully saturated rings. The number of alkyl halides is 3. The molecule has 0 bridgehead atoms. The summed E-state index contributed by atoms with van der Waals surface area (Å²) < 4.78 is 38.3. The zero-order valence-corrected chi connectivity index (χ0v) is 21.0. The van der Waals surface area contributed by atoms with Crippen LogP contribution in [0.25, 0.3) is 0 Å². The highest BCUT2D eigenvalue weighted by molar-refractivity contribution is 5.95. The third-order valence-electron chi connectivity index (χ3n) is 6.67. The number of piperidine rings is 1. The summed E-state index contributed by atoms with van der Waals surface area (Å²) >= 11 is 0. The maximum absolute atomic E-state index is 13.1. The zero-order chi connectivity index (χ0) is 26.7. The smallest absolute Gasteiger partial charge is 0.487 e. The summed E-state index contributed by atoms with van der Waals surface area (Å²) in [6.07, 6.45) is -2.27. The van der Waals surface area contributed by atoms with Gasteiger partial charge in [-0.1, -0.05) is 35.4 Å². The van der Waals surface area contributed by atoms with E-state index in [0.717, 1.165) is 60.4 Å². The number of fused-ring (bicyclic) bond motifs is 1. The lowest BCUT2D eigenvalue weighted by atomic mass is 9.80. The Kier molecular flexibility index (Phi) is 8.33. The maximum atomic E-state index is 13.1. The number of nitrogens with one attached hydrogen (secondary N) is 1. The van der Waals surface area contributed by atoms with Gasteiger partial charge in [0.2, 0.25) is 0 Å². The van der Waals surface area contributed by atoms with Crippen LogP contribution in [0.5, 0.6) is 5.75 Å². The lowest BCUT2D eigenvalue weighted by molar-refractivity contribution is -0.192. The van der Waals surface area contributed by atoms with Gasteiger partial charge in [-0.05, 0) is 58.7 Å². The van der Waals surface area contributed by atoms with Gasteiger partial charge in [-0.15, -0.1) is 0 Å². The first-order chi connectivity index (χ1) is 16.8. The van der Waals surface area contributed by atoms with E-state index in [0.29, 0.717) is 6.04 Å². The number of carbonyl (C=O) groups is 2. The number of ether oxygens (including phenoxy) is 1. The first-order valence-electron chi connectivity index (χ1n) is 12.0. The van der Waals surface area contributed by atoms with E-state index in [1.165, 1.54) is 0 Å². The molecule has 2 aliphatic rings. The summed E-state index contributed by atoms with van der Waals surface area (Å²) in [7, 11) is 0. The van der Waals surface area contributed by atoms with Crippen LogP contribution in [-0.2, 0) is 4.79 Å². The largest absolute Gasteiger partial charge is 0.490 e. The van der Waals surface area contributed by atoms with Gasteiger partial charge >= 0.3 is 12.1 Å². The lowest BCUT2D eigenvalue weighted by Gasteiger charge is -2.47. The number of nitrogens with zero attached hydrogens (tertiary/aromatic N) is 1. The van der Waals surface area contributed by atoms with Crippen LogP contribution in [-0.4, -0.2) is 52.8 Å². The van der Waals surface area contributed by atoms with Crippen LogP contribution in [0.1, 0.15) is 66.2 Å². The normalized spacial score (nSPS) is 19.1. The molecule has 1 atom stereocenters. The quantitative estimate of drug-likeness (QED) is 0.580. The molecular weight excluding hydrogens is 473 g/mol. The molecule has 1 saturated heterocycles. The molecule has 4 rings (SSSR count). The topological polar surface area (TPSA) is 78.9 Å². The van der Waals surface area contributed by atoms with E-state index in [-0.39, 0.29) is 17.6 Å². The van der Waals surface area contributed by atoms with E-state index in [1.54, 1.807) is 0 Å². The van der Waals surface area contributed by atoms with Gasteiger partial charge in [0.05, 0.1) is 6.04 Å². The molecule has 2 aromatic carbocycles. The number of para-hydroxylation sites is 1. The highest BCUT2D eigenvalue weighted by Crippen LogP contribution is 2.44. The molecule has 1 unspecified atom stereocenters. The highest BCUT2D eigenvalue weighted by Gasteiger charge is 2.44. The second kappa shape index (κ2) is 10.9. The van der Waals surface area contributed by atoms with E-state index in [1.807, 2.05) is 44.2 Å². The van der Waals surface area contributed by atoms with Crippen LogP contribution in [0.4, 0.5) is 13.2 Å². The fourth-order valence-corrected chi connectivity index (χ4v) is 4.85. The molecule has 2 heterocycles. The van der Waals surface area contributed by atoms with Crippen molar-refractivity contribution in [3.05, 3.63) is 64.7 Å². The molecule has 2 aromatic rings. The molecule has 2 N–H and O–H groups in total. The minimum absolute atomic E-state index is 0.00623. The van der Waals surface area contributed by atoms with Crippen LogP contribution in [0.2, 0.25) is 0 Å². The molecule has 2 aliphatic heterocycles.